The molecular weight excluding hydrogens is 369 g/mol. The maximum absolute atomic E-state index is 12.8. The number of nitrogens with zero attached hydrogens (tertiary/aromatic N) is 1. The van der Waals surface area contributed by atoms with Crippen LogP contribution < -0.4 is 5.32 Å². The Kier molecular flexibility index (Phi) is 3.56. The number of carbonyl (C=O) groups is 1. The van der Waals surface area contributed by atoms with E-state index in [1.54, 1.807) is 24.3 Å². The molecular formula is C17H13F3N2O3S. The van der Waals surface area contributed by atoms with Crippen molar-refractivity contribution in [1.29, 1.82) is 0 Å². The Morgan fingerprint density at radius 2 is 1.81 bits per heavy atom. The van der Waals surface area contributed by atoms with E-state index in [1.165, 1.54) is 0 Å². The van der Waals surface area contributed by atoms with Gasteiger partial charge in [-0.3, -0.25) is 4.79 Å². The van der Waals surface area contributed by atoms with Gasteiger partial charge in [0.15, 0.2) is 15.3 Å². The van der Waals surface area contributed by atoms with Crippen LogP contribution in [0.1, 0.15) is 11.1 Å². The Hall–Kier alpha value is -2.23. The SMILES string of the molecule is O=C1Nc2ccccc2C12CN([S+](=O)([O-])c1cccc(C(F)(F)F)c1)C2. The molecule has 2 heterocycles. The molecule has 1 saturated heterocycles. The quantitative estimate of drug-likeness (QED) is 0.812. The van der Waals surface area contributed by atoms with Crippen molar-refractivity contribution in [1.82, 2.24) is 4.31 Å². The van der Waals surface area contributed by atoms with Crippen LogP contribution in [0.25, 0.3) is 0 Å². The molecule has 9 heteroatoms. The number of carbonyl (C=O) groups excluding carboxylic acids is 1. The number of hydrogen-bond acceptors (Lipinski definition) is 3. The molecule has 0 aromatic heterocycles. The van der Waals surface area contributed by atoms with Crippen LogP contribution in [0.2, 0.25) is 0 Å². The fourth-order valence-corrected chi connectivity index (χ4v) is 5.00. The molecule has 136 valence electrons. The highest BCUT2D eigenvalue weighted by molar-refractivity contribution is 7.95. The van der Waals surface area contributed by atoms with Crippen LogP contribution in [0.5, 0.6) is 0 Å². The van der Waals surface area contributed by atoms with Crippen LogP contribution in [0, 0.1) is 0 Å². The lowest BCUT2D eigenvalue weighted by Crippen LogP contribution is -2.65. The third kappa shape index (κ3) is 2.38. The number of halogens is 3. The van der Waals surface area contributed by atoms with Crippen molar-refractivity contribution in [2.45, 2.75) is 16.5 Å². The highest BCUT2D eigenvalue weighted by Gasteiger charge is 2.60. The Balaban J connectivity index is 1.63. The van der Waals surface area contributed by atoms with Crippen LogP contribution in [-0.4, -0.2) is 27.9 Å². The Morgan fingerprint density at radius 3 is 2.50 bits per heavy atom. The van der Waals surface area contributed by atoms with E-state index in [1.807, 2.05) is 0 Å². The molecule has 0 saturated carbocycles. The summed E-state index contributed by atoms with van der Waals surface area (Å²) in [5.74, 6) is -0.297. The van der Waals surface area contributed by atoms with E-state index in [0.717, 1.165) is 22.5 Å². The molecule has 2 aromatic rings. The first-order valence-corrected chi connectivity index (χ1v) is 9.17. The van der Waals surface area contributed by atoms with E-state index in [9.17, 15) is 26.7 Å². The Morgan fingerprint density at radius 1 is 1.12 bits per heavy atom. The summed E-state index contributed by atoms with van der Waals surface area (Å²) in [6.45, 7) is -0.206. The summed E-state index contributed by atoms with van der Waals surface area (Å²) in [4.78, 5) is 11.9. The molecule has 4 rings (SSSR count). The van der Waals surface area contributed by atoms with Crippen molar-refractivity contribution < 1.29 is 26.7 Å². The second-order valence-corrected chi connectivity index (χ2v) is 8.32. The summed E-state index contributed by atoms with van der Waals surface area (Å²) in [6, 6.07) is 10.6. The number of hydrogen-bond donors (Lipinski definition) is 1. The average molecular weight is 382 g/mol. The van der Waals surface area contributed by atoms with Crippen molar-refractivity contribution in [2.75, 3.05) is 18.4 Å². The smallest absolute Gasteiger partial charge is 0.416 e. The minimum atomic E-state index is -4.63. The van der Waals surface area contributed by atoms with Gasteiger partial charge in [-0.2, -0.15) is 13.2 Å². The lowest BCUT2D eigenvalue weighted by molar-refractivity contribution is -0.137. The molecule has 26 heavy (non-hydrogen) atoms. The normalized spacial score (nSPS) is 21.0. The molecule has 2 aromatic carbocycles. The van der Waals surface area contributed by atoms with Gasteiger partial charge in [0.25, 0.3) is 0 Å². The summed E-state index contributed by atoms with van der Waals surface area (Å²) in [7, 11) is -4.12. The van der Waals surface area contributed by atoms with E-state index < -0.39 is 32.4 Å². The highest BCUT2D eigenvalue weighted by atomic mass is 32.3. The predicted octanol–water partition coefficient (Wildman–Crippen LogP) is 2.81. The topological polar surface area (TPSA) is 72.5 Å². The van der Waals surface area contributed by atoms with Crippen molar-refractivity contribution in [3.63, 3.8) is 0 Å². The van der Waals surface area contributed by atoms with E-state index in [-0.39, 0.29) is 19.0 Å². The molecule has 2 aliphatic rings. The number of amides is 1. The number of benzene rings is 2. The molecule has 0 aliphatic carbocycles. The number of para-hydroxylation sites is 1. The largest absolute Gasteiger partial charge is 0.593 e. The fourth-order valence-electron chi connectivity index (χ4n) is 3.40. The first-order valence-electron chi connectivity index (χ1n) is 7.73. The molecule has 1 atom stereocenters. The standard InChI is InChI=1S/C17H13F3N2O3S/c18-17(19,20)11-4-3-5-12(8-11)26(24,25)22-9-16(10-22)13-6-1-2-7-14(13)21-15(16)23/h1-8H,9-10H2,(H-,21,23,24,25). The molecule has 1 fully saturated rings. The number of anilines is 1. The van der Waals surface area contributed by atoms with Gasteiger partial charge >= 0.3 is 6.18 Å². The van der Waals surface area contributed by atoms with Crippen molar-refractivity contribution in [2.24, 2.45) is 0 Å². The molecule has 1 unspecified atom stereocenters. The molecule has 1 amide bonds. The summed E-state index contributed by atoms with van der Waals surface area (Å²) >= 11 is 0. The molecule has 2 aliphatic heterocycles. The summed E-state index contributed by atoms with van der Waals surface area (Å²) in [5.41, 5.74) is -0.669. The highest BCUT2D eigenvalue weighted by Crippen LogP contribution is 2.47. The lowest BCUT2D eigenvalue weighted by Gasteiger charge is -2.45. The summed E-state index contributed by atoms with van der Waals surface area (Å²) in [5, 5.41) is 2.72. The third-order valence-electron chi connectivity index (χ3n) is 4.82. The van der Waals surface area contributed by atoms with Gasteiger partial charge < -0.3 is 9.87 Å². The number of rotatable bonds is 2. The Bertz CT molecular complexity index is 954. The second-order valence-electron chi connectivity index (χ2n) is 6.38. The molecule has 1 spiro atoms. The number of fused-ring (bicyclic) bond motifs is 2. The molecule has 0 radical (unpaired) electrons. The van der Waals surface area contributed by atoms with Crippen LogP contribution >= 0.6 is 0 Å². The second kappa shape index (κ2) is 5.38. The van der Waals surface area contributed by atoms with Crippen LogP contribution in [0.15, 0.2) is 53.4 Å². The van der Waals surface area contributed by atoms with Crippen molar-refractivity contribution in [3.05, 3.63) is 59.7 Å². The third-order valence-corrected chi connectivity index (χ3v) is 6.60. The average Bonchev–Trinajstić information content (AvgIpc) is 2.84. The monoisotopic (exact) mass is 382 g/mol. The number of sulfonamides is 1. The zero-order valence-electron chi connectivity index (χ0n) is 13.2. The van der Waals surface area contributed by atoms with Gasteiger partial charge in [-0.1, -0.05) is 28.5 Å². The van der Waals surface area contributed by atoms with Crippen molar-refractivity contribution in [3.8, 4) is 0 Å². The zero-order valence-corrected chi connectivity index (χ0v) is 14.1. The van der Waals surface area contributed by atoms with E-state index >= 15 is 0 Å². The first kappa shape index (κ1) is 17.2. The molecule has 5 nitrogen and oxygen atoms in total. The van der Waals surface area contributed by atoms with E-state index in [0.29, 0.717) is 17.3 Å². The van der Waals surface area contributed by atoms with Gasteiger partial charge in [0.05, 0.1) is 18.7 Å². The minimum Gasteiger partial charge on any atom is -0.593 e. The van der Waals surface area contributed by atoms with Gasteiger partial charge in [0.1, 0.15) is 5.41 Å². The maximum atomic E-state index is 12.8. The fraction of sp³-hybridized carbons (Fsp3) is 0.235. The maximum Gasteiger partial charge on any atom is 0.416 e. The molecule has 0 bridgehead atoms. The van der Waals surface area contributed by atoms with Gasteiger partial charge in [-0.05, 0) is 23.8 Å². The minimum absolute atomic E-state index is 0.103. The van der Waals surface area contributed by atoms with E-state index in [4.69, 9.17) is 0 Å². The number of alkyl halides is 3. The van der Waals surface area contributed by atoms with Gasteiger partial charge in [-0.25, -0.2) is 0 Å². The zero-order chi connectivity index (χ0) is 18.7. The molecule has 1 N–H and O–H groups in total. The van der Waals surface area contributed by atoms with Gasteiger partial charge in [0, 0.05) is 11.8 Å². The lowest BCUT2D eigenvalue weighted by atomic mass is 9.76. The number of nitrogens with one attached hydrogen (secondary N) is 1. The van der Waals surface area contributed by atoms with E-state index in [2.05, 4.69) is 5.32 Å². The van der Waals surface area contributed by atoms with Crippen LogP contribution in [-0.2, 0) is 31.0 Å². The van der Waals surface area contributed by atoms with Crippen LogP contribution in [0.3, 0.4) is 0 Å². The first-order chi connectivity index (χ1) is 12.1. The Labute approximate surface area is 148 Å². The van der Waals surface area contributed by atoms with Gasteiger partial charge in [0.2, 0.25) is 5.91 Å². The van der Waals surface area contributed by atoms with Crippen molar-refractivity contribution >= 4 is 22.0 Å². The van der Waals surface area contributed by atoms with Crippen LogP contribution in [0.4, 0.5) is 18.9 Å². The van der Waals surface area contributed by atoms with Gasteiger partial charge in [-0.15, -0.1) is 4.31 Å². The predicted molar refractivity (Wildman–Crippen MR) is 86.9 cm³/mol. The summed E-state index contributed by atoms with van der Waals surface area (Å²) < 4.78 is 64.9. The summed E-state index contributed by atoms with van der Waals surface area (Å²) in [6.07, 6.45) is -4.63.